The van der Waals surface area contributed by atoms with Gasteiger partial charge in [0.2, 0.25) is 15.9 Å². The zero-order chi connectivity index (χ0) is 16.3. The SMILES string of the molecule is CC(=O)N1CCN(C(=O)c2ccccc2NS(C)(=O)=O)CC1. The van der Waals surface area contributed by atoms with Crippen LogP contribution in [0.4, 0.5) is 5.69 Å². The summed E-state index contributed by atoms with van der Waals surface area (Å²) in [6.07, 6.45) is 1.04. The van der Waals surface area contributed by atoms with Crippen molar-refractivity contribution >= 4 is 27.5 Å². The van der Waals surface area contributed by atoms with Crippen molar-refractivity contribution in [3.63, 3.8) is 0 Å². The highest BCUT2D eigenvalue weighted by atomic mass is 32.2. The molecule has 1 heterocycles. The minimum absolute atomic E-state index is 0.00811. The van der Waals surface area contributed by atoms with Crippen LogP contribution in [-0.2, 0) is 14.8 Å². The quantitative estimate of drug-likeness (QED) is 0.869. The van der Waals surface area contributed by atoms with E-state index in [9.17, 15) is 18.0 Å². The van der Waals surface area contributed by atoms with Gasteiger partial charge in [-0.3, -0.25) is 14.3 Å². The van der Waals surface area contributed by atoms with E-state index in [4.69, 9.17) is 0 Å². The lowest BCUT2D eigenvalue weighted by Gasteiger charge is -2.34. The second kappa shape index (κ2) is 6.35. The maximum absolute atomic E-state index is 12.6. The van der Waals surface area contributed by atoms with Crippen LogP contribution in [0.25, 0.3) is 0 Å². The van der Waals surface area contributed by atoms with Crippen molar-refractivity contribution in [3.05, 3.63) is 29.8 Å². The third-order valence-electron chi connectivity index (χ3n) is 3.47. The standard InChI is InChI=1S/C14H19N3O4S/c1-11(18)16-7-9-17(10-8-16)14(19)12-5-3-4-6-13(12)15-22(2,20)21/h3-6,15H,7-10H2,1-2H3. The van der Waals surface area contributed by atoms with Gasteiger partial charge in [-0.1, -0.05) is 12.1 Å². The van der Waals surface area contributed by atoms with Gasteiger partial charge in [0.05, 0.1) is 17.5 Å². The van der Waals surface area contributed by atoms with Gasteiger partial charge in [0, 0.05) is 33.1 Å². The topological polar surface area (TPSA) is 86.8 Å². The van der Waals surface area contributed by atoms with Gasteiger partial charge in [-0.15, -0.1) is 0 Å². The van der Waals surface area contributed by atoms with E-state index < -0.39 is 10.0 Å². The Morgan fingerprint density at radius 2 is 1.59 bits per heavy atom. The molecule has 0 bridgehead atoms. The lowest BCUT2D eigenvalue weighted by atomic mass is 10.1. The van der Waals surface area contributed by atoms with Crippen molar-refractivity contribution < 1.29 is 18.0 Å². The maximum Gasteiger partial charge on any atom is 0.256 e. The average Bonchev–Trinajstić information content (AvgIpc) is 2.45. The number of amides is 2. The first kappa shape index (κ1) is 16.3. The van der Waals surface area contributed by atoms with Crippen LogP contribution in [-0.4, -0.2) is 62.5 Å². The molecule has 1 N–H and O–H groups in total. The molecule has 0 radical (unpaired) electrons. The maximum atomic E-state index is 12.6. The number of piperazine rings is 1. The number of hydrogen-bond acceptors (Lipinski definition) is 4. The molecule has 2 rings (SSSR count). The van der Waals surface area contributed by atoms with Gasteiger partial charge in [0.1, 0.15) is 0 Å². The summed E-state index contributed by atoms with van der Waals surface area (Å²) in [6, 6.07) is 6.50. The first-order valence-corrected chi connectivity index (χ1v) is 8.78. The molecule has 1 aliphatic heterocycles. The summed E-state index contributed by atoms with van der Waals surface area (Å²) in [7, 11) is -3.46. The van der Waals surface area contributed by atoms with Crippen molar-refractivity contribution in [1.82, 2.24) is 9.80 Å². The molecule has 0 saturated carbocycles. The van der Waals surface area contributed by atoms with Gasteiger partial charge >= 0.3 is 0 Å². The number of carbonyl (C=O) groups excluding carboxylic acids is 2. The highest BCUT2D eigenvalue weighted by Gasteiger charge is 2.25. The predicted molar refractivity (Wildman–Crippen MR) is 83.1 cm³/mol. The summed E-state index contributed by atoms with van der Waals surface area (Å²) in [6.45, 7) is 3.35. The molecular formula is C14H19N3O4S. The van der Waals surface area contributed by atoms with Crippen molar-refractivity contribution in [2.45, 2.75) is 6.92 Å². The summed E-state index contributed by atoms with van der Waals surface area (Å²) >= 11 is 0. The highest BCUT2D eigenvalue weighted by Crippen LogP contribution is 2.19. The van der Waals surface area contributed by atoms with Crippen molar-refractivity contribution in [3.8, 4) is 0 Å². The fourth-order valence-corrected chi connectivity index (χ4v) is 2.93. The van der Waals surface area contributed by atoms with Crippen LogP contribution in [0.1, 0.15) is 17.3 Å². The van der Waals surface area contributed by atoms with E-state index in [-0.39, 0.29) is 17.5 Å². The molecule has 0 unspecified atom stereocenters. The molecule has 0 atom stereocenters. The first-order valence-electron chi connectivity index (χ1n) is 6.89. The molecule has 1 aromatic rings. The number of benzene rings is 1. The zero-order valence-electron chi connectivity index (χ0n) is 12.6. The fourth-order valence-electron chi connectivity index (χ4n) is 2.35. The van der Waals surface area contributed by atoms with Crippen molar-refractivity contribution in [2.24, 2.45) is 0 Å². The number of nitrogens with zero attached hydrogens (tertiary/aromatic N) is 2. The third-order valence-corrected chi connectivity index (χ3v) is 4.06. The van der Waals surface area contributed by atoms with Crippen LogP contribution in [0.5, 0.6) is 0 Å². The molecule has 2 amide bonds. The molecule has 0 aliphatic carbocycles. The Morgan fingerprint density at radius 1 is 1.05 bits per heavy atom. The lowest BCUT2D eigenvalue weighted by molar-refractivity contribution is -0.130. The molecule has 1 aromatic carbocycles. The molecule has 120 valence electrons. The Bertz CT molecular complexity index is 679. The Balaban J connectivity index is 2.15. The summed E-state index contributed by atoms with van der Waals surface area (Å²) in [4.78, 5) is 27.2. The minimum Gasteiger partial charge on any atom is -0.339 e. The number of hydrogen-bond donors (Lipinski definition) is 1. The highest BCUT2D eigenvalue weighted by molar-refractivity contribution is 7.92. The molecule has 1 saturated heterocycles. The Hall–Kier alpha value is -2.09. The van der Waals surface area contributed by atoms with E-state index in [1.807, 2.05) is 0 Å². The number of rotatable bonds is 3. The first-order chi connectivity index (χ1) is 10.3. The van der Waals surface area contributed by atoms with Gasteiger partial charge in [-0.2, -0.15) is 0 Å². The summed E-state index contributed by atoms with van der Waals surface area (Å²) < 4.78 is 25.1. The van der Waals surface area contributed by atoms with Gasteiger partial charge in [-0.05, 0) is 12.1 Å². The number of carbonyl (C=O) groups is 2. The van der Waals surface area contributed by atoms with Crippen LogP contribution in [0.3, 0.4) is 0 Å². The Morgan fingerprint density at radius 3 is 2.14 bits per heavy atom. The Kier molecular flexibility index (Phi) is 4.70. The van der Waals surface area contributed by atoms with E-state index in [1.54, 1.807) is 34.1 Å². The molecule has 1 aliphatic rings. The molecule has 1 fully saturated rings. The van der Waals surface area contributed by atoms with E-state index in [2.05, 4.69) is 4.72 Å². The summed E-state index contributed by atoms with van der Waals surface area (Å²) in [5.41, 5.74) is 0.577. The lowest BCUT2D eigenvalue weighted by Crippen LogP contribution is -2.50. The largest absolute Gasteiger partial charge is 0.339 e. The van der Waals surface area contributed by atoms with E-state index in [1.165, 1.54) is 6.92 Å². The normalized spacial score (nSPS) is 15.5. The molecule has 7 nitrogen and oxygen atoms in total. The molecule has 8 heteroatoms. The van der Waals surface area contributed by atoms with E-state index in [0.717, 1.165) is 6.26 Å². The van der Waals surface area contributed by atoms with Crippen LogP contribution < -0.4 is 4.72 Å². The van der Waals surface area contributed by atoms with E-state index in [0.29, 0.717) is 31.7 Å². The second-order valence-electron chi connectivity index (χ2n) is 5.22. The van der Waals surface area contributed by atoms with Gasteiger partial charge in [-0.25, -0.2) is 8.42 Å². The smallest absolute Gasteiger partial charge is 0.256 e. The van der Waals surface area contributed by atoms with Gasteiger partial charge in [0.15, 0.2) is 0 Å². The van der Waals surface area contributed by atoms with Crippen LogP contribution >= 0.6 is 0 Å². The van der Waals surface area contributed by atoms with Crippen molar-refractivity contribution in [1.29, 1.82) is 0 Å². The predicted octanol–water partition coefficient (Wildman–Crippen LogP) is 0.362. The van der Waals surface area contributed by atoms with E-state index >= 15 is 0 Å². The van der Waals surface area contributed by atoms with Crippen LogP contribution in [0, 0.1) is 0 Å². The van der Waals surface area contributed by atoms with Gasteiger partial charge in [0.25, 0.3) is 5.91 Å². The molecule has 0 aromatic heterocycles. The van der Waals surface area contributed by atoms with Crippen LogP contribution in [0.2, 0.25) is 0 Å². The Labute approximate surface area is 129 Å². The molecule has 0 spiro atoms. The van der Waals surface area contributed by atoms with Crippen LogP contribution in [0.15, 0.2) is 24.3 Å². The van der Waals surface area contributed by atoms with Gasteiger partial charge < -0.3 is 9.80 Å². The zero-order valence-corrected chi connectivity index (χ0v) is 13.4. The third kappa shape index (κ3) is 3.97. The monoisotopic (exact) mass is 325 g/mol. The molecule has 22 heavy (non-hydrogen) atoms. The summed E-state index contributed by atoms with van der Waals surface area (Å²) in [5, 5.41) is 0. The molecular weight excluding hydrogens is 306 g/mol. The average molecular weight is 325 g/mol. The summed E-state index contributed by atoms with van der Waals surface area (Å²) in [5.74, 6) is -0.249. The number of para-hydroxylation sites is 1. The number of nitrogens with one attached hydrogen (secondary N) is 1. The number of sulfonamides is 1. The second-order valence-corrected chi connectivity index (χ2v) is 6.97. The fraction of sp³-hybridized carbons (Fsp3) is 0.429. The van der Waals surface area contributed by atoms with Crippen molar-refractivity contribution in [2.75, 3.05) is 37.2 Å². The number of anilines is 1. The minimum atomic E-state index is -3.46.